The van der Waals surface area contributed by atoms with Gasteiger partial charge in [-0.1, -0.05) is 15.9 Å². The van der Waals surface area contributed by atoms with Crippen molar-refractivity contribution in [3.63, 3.8) is 0 Å². The smallest absolute Gasteiger partial charge is 0.257 e. The summed E-state index contributed by atoms with van der Waals surface area (Å²) in [5.74, 6) is 0.777. The lowest BCUT2D eigenvalue weighted by Gasteiger charge is -2.32. The van der Waals surface area contributed by atoms with Crippen molar-refractivity contribution in [1.29, 1.82) is 0 Å². The van der Waals surface area contributed by atoms with Gasteiger partial charge in [-0.2, -0.15) is 5.10 Å². The lowest BCUT2D eigenvalue weighted by Crippen LogP contribution is -2.40. The molecule has 0 radical (unpaired) electrons. The number of likely N-dealkylation sites (tertiary alicyclic amines) is 1. The zero-order valence-corrected chi connectivity index (χ0v) is 12.6. The fourth-order valence-electron chi connectivity index (χ4n) is 2.62. The highest BCUT2D eigenvalue weighted by molar-refractivity contribution is 9.09. The molecule has 0 bridgehead atoms. The van der Waals surface area contributed by atoms with Crippen LogP contribution in [0.2, 0.25) is 0 Å². The SMILES string of the molecule is Cc1nn(C)cc1C(=O)N1CCCC(CCBr)C1. The summed E-state index contributed by atoms with van der Waals surface area (Å²) in [7, 11) is 1.85. The molecule has 1 aliphatic rings. The van der Waals surface area contributed by atoms with E-state index >= 15 is 0 Å². The minimum Gasteiger partial charge on any atom is -0.338 e. The van der Waals surface area contributed by atoms with Crippen LogP contribution in [0.25, 0.3) is 0 Å². The van der Waals surface area contributed by atoms with E-state index in [4.69, 9.17) is 0 Å². The molecule has 1 aliphatic heterocycles. The molecule has 1 atom stereocenters. The van der Waals surface area contributed by atoms with Gasteiger partial charge in [0.25, 0.3) is 5.91 Å². The second kappa shape index (κ2) is 5.87. The number of hydrogen-bond acceptors (Lipinski definition) is 2. The number of carbonyl (C=O) groups is 1. The van der Waals surface area contributed by atoms with Crippen molar-refractivity contribution >= 4 is 21.8 Å². The van der Waals surface area contributed by atoms with Crippen LogP contribution in [0.15, 0.2) is 6.20 Å². The molecule has 0 spiro atoms. The van der Waals surface area contributed by atoms with Crippen LogP contribution in [0.5, 0.6) is 0 Å². The minimum absolute atomic E-state index is 0.139. The highest BCUT2D eigenvalue weighted by Crippen LogP contribution is 2.22. The van der Waals surface area contributed by atoms with Crippen molar-refractivity contribution in [3.05, 3.63) is 17.5 Å². The third-order valence-electron chi connectivity index (χ3n) is 3.57. The number of halogens is 1. The second-order valence-corrected chi connectivity index (χ2v) is 5.83. The molecule has 0 aromatic carbocycles. The summed E-state index contributed by atoms with van der Waals surface area (Å²) in [6.07, 6.45) is 5.33. The minimum atomic E-state index is 0.139. The first-order valence-corrected chi connectivity index (χ1v) is 7.59. The Morgan fingerprint density at radius 2 is 2.39 bits per heavy atom. The Bertz CT molecular complexity index is 428. The van der Waals surface area contributed by atoms with E-state index < -0.39 is 0 Å². The molecule has 0 saturated carbocycles. The van der Waals surface area contributed by atoms with Crippen LogP contribution >= 0.6 is 15.9 Å². The third-order valence-corrected chi connectivity index (χ3v) is 4.03. The van der Waals surface area contributed by atoms with Gasteiger partial charge in [-0.3, -0.25) is 9.48 Å². The number of alkyl halides is 1. The first-order chi connectivity index (χ1) is 8.61. The van der Waals surface area contributed by atoms with Crippen LogP contribution < -0.4 is 0 Å². The maximum Gasteiger partial charge on any atom is 0.257 e. The lowest BCUT2D eigenvalue weighted by molar-refractivity contribution is 0.0671. The molecule has 100 valence electrons. The number of hydrogen-bond donors (Lipinski definition) is 0. The van der Waals surface area contributed by atoms with Crippen molar-refractivity contribution < 1.29 is 4.79 Å². The summed E-state index contributed by atoms with van der Waals surface area (Å²) in [6, 6.07) is 0. The van der Waals surface area contributed by atoms with Gasteiger partial charge in [0.05, 0.1) is 11.3 Å². The predicted molar refractivity (Wildman–Crippen MR) is 75.0 cm³/mol. The van der Waals surface area contributed by atoms with Gasteiger partial charge in [0.2, 0.25) is 0 Å². The second-order valence-electron chi connectivity index (χ2n) is 5.04. The largest absolute Gasteiger partial charge is 0.338 e. The third kappa shape index (κ3) is 2.94. The summed E-state index contributed by atoms with van der Waals surface area (Å²) < 4.78 is 1.71. The van der Waals surface area contributed by atoms with Gasteiger partial charge in [0, 0.05) is 31.7 Å². The molecule has 1 fully saturated rings. The topological polar surface area (TPSA) is 38.1 Å². The molecule has 0 N–H and O–H groups in total. The van der Waals surface area contributed by atoms with Crippen LogP contribution in [0.3, 0.4) is 0 Å². The first kappa shape index (κ1) is 13.6. The molecule has 2 heterocycles. The Kier molecular flexibility index (Phi) is 4.43. The van der Waals surface area contributed by atoms with Crippen molar-refractivity contribution in [2.24, 2.45) is 13.0 Å². The van der Waals surface area contributed by atoms with Gasteiger partial charge in [-0.05, 0) is 32.1 Å². The number of aryl methyl sites for hydroxylation is 2. The monoisotopic (exact) mass is 313 g/mol. The number of rotatable bonds is 3. The van der Waals surface area contributed by atoms with E-state index in [1.165, 1.54) is 6.42 Å². The van der Waals surface area contributed by atoms with Gasteiger partial charge in [-0.25, -0.2) is 0 Å². The summed E-state index contributed by atoms with van der Waals surface area (Å²) in [4.78, 5) is 14.4. The fourth-order valence-corrected chi connectivity index (χ4v) is 3.27. The maximum absolute atomic E-state index is 12.4. The molecule has 1 unspecified atom stereocenters. The summed E-state index contributed by atoms with van der Waals surface area (Å²) in [6.45, 7) is 3.66. The Hall–Kier alpha value is -0.840. The van der Waals surface area contributed by atoms with Crippen LogP contribution in [-0.4, -0.2) is 39.0 Å². The van der Waals surface area contributed by atoms with Gasteiger partial charge < -0.3 is 4.90 Å². The number of aromatic nitrogens is 2. The van der Waals surface area contributed by atoms with Gasteiger partial charge in [0.15, 0.2) is 0 Å². The molecule has 2 rings (SSSR count). The average molecular weight is 314 g/mol. The van der Waals surface area contributed by atoms with E-state index in [1.54, 1.807) is 4.68 Å². The molecule has 0 aliphatic carbocycles. The lowest BCUT2D eigenvalue weighted by atomic mass is 9.95. The van der Waals surface area contributed by atoms with Crippen molar-refractivity contribution in [3.8, 4) is 0 Å². The summed E-state index contributed by atoms with van der Waals surface area (Å²) >= 11 is 3.48. The maximum atomic E-state index is 12.4. The van der Waals surface area contributed by atoms with Gasteiger partial charge >= 0.3 is 0 Å². The highest BCUT2D eigenvalue weighted by atomic mass is 79.9. The Balaban J connectivity index is 2.06. The number of amides is 1. The van der Waals surface area contributed by atoms with Crippen molar-refractivity contribution in [1.82, 2.24) is 14.7 Å². The molecule has 5 heteroatoms. The Morgan fingerprint density at radius 3 is 3.00 bits per heavy atom. The van der Waals surface area contributed by atoms with E-state index in [9.17, 15) is 4.79 Å². The standard InChI is InChI=1S/C13H20BrN3O/c1-10-12(9-16(2)15-10)13(18)17-7-3-4-11(8-17)5-6-14/h9,11H,3-8H2,1-2H3. The Morgan fingerprint density at radius 1 is 1.61 bits per heavy atom. The average Bonchev–Trinajstić information content (AvgIpc) is 2.68. The summed E-state index contributed by atoms with van der Waals surface area (Å²) in [5, 5.41) is 5.26. The van der Waals surface area contributed by atoms with Crippen LogP contribution in [0.4, 0.5) is 0 Å². The van der Waals surface area contributed by atoms with Gasteiger partial charge in [-0.15, -0.1) is 0 Å². The van der Waals surface area contributed by atoms with Crippen LogP contribution in [-0.2, 0) is 7.05 Å². The molecule has 1 amide bonds. The first-order valence-electron chi connectivity index (χ1n) is 6.47. The van der Waals surface area contributed by atoms with E-state index in [0.717, 1.165) is 42.5 Å². The predicted octanol–water partition coefficient (Wildman–Crippen LogP) is 2.37. The molecule has 1 saturated heterocycles. The molecule has 1 aromatic heterocycles. The van der Waals surface area contributed by atoms with Crippen LogP contribution in [0.1, 0.15) is 35.3 Å². The van der Waals surface area contributed by atoms with E-state index in [-0.39, 0.29) is 5.91 Å². The molecule has 4 nitrogen and oxygen atoms in total. The van der Waals surface area contributed by atoms with Gasteiger partial charge in [0.1, 0.15) is 0 Å². The zero-order chi connectivity index (χ0) is 13.1. The number of piperidine rings is 1. The van der Waals surface area contributed by atoms with E-state index in [0.29, 0.717) is 5.92 Å². The highest BCUT2D eigenvalue weighted by Gasteiger charge is 2.25. The Labute approximate surface area is 116 Å². The molecular formula is C13H20BrN3O. The van der Waals surface area contributed by atoms with Crippen molar-refractivity contribution in [2.45, 2.75) is 26.2 Å². The van der Waals surface area contributed by atoms with Crippen molar-refractivity contribution in [2.75, 3.05) is 18.4 Å². The number of nitrogens with zero attached hydrogens (tertiary/aromatic N) is 3. The normalized spacial score (nSPS) is 20.2. The summed E-state index contributed by atoms with van der Waals surface area (Å²) in [5.41, 5.74) is 1.57. The molecular weight excluding hydrogens is 294 g/mol. The zero-order valence-electron chi connectivity index (χ0n) is 11.0. The van der Waals surface area contributed by atoms with E-state index in [2.05, 4.69) is 21.0 Å². The molecule has 1 aromatic rings. The van der Waals surface area contributed by atoms with Crippen LogP contribution in [0, 0.1) is 12.8 Å². The fraction of sp³-hybridized carbons (Fsp3) is 0.692. The number of carbonyl (C=O) groups excluding carboxylic acids is 1. The van der Waals surface area contributed by atoms with E-state index in [1.807, 2.05) is 25.1 Å². The quantitative estimate of drug-likeness (QED) is 0.803. The molecule has 18 heavy (non-hydrogen) atoms.